The van der Waals surface area contributed by atoms with Gasteiger partial charge in [-0.15, -0.1) is 0 Å². The van der Waals surface area contributed by atoms with Crippen molar-refractivity contribution in [1.82, 2.24) is 9.80 Å². The van der Waals surface area contributed by atoms with Gasteiger partial charge in [0.25, 0.3) is 5.91 Å². The second-order valence-electron chi connectivity index (χ2n) is 10.2. The van der Waals surface area contributed by atoms with Gasteiger partial charge in [-0.25, -0.2) is 0 Å². The highest BCUT2D eigenvalue weighted by Crippen LogP contribution is 2.32. The van der Waals surface area contributed by atoms with E-state index >= 15 is 0 Å². The van der Waals surface area contributed by atoms with Gasteiger partial charge in [-0.1, -0.05) is 13.8 Å². The number of likely N-dealkylation sites (tertiary alicyclic amines) is 1. The Morgan fingerprint density at radius 3 is 2.33 bits per heavy atom. The number of amides is 3. The van der Waals surface area contributed by atoms with Crippen molar-refractivity contribution in [2.24, 2.45) is 11.8 Å². The van der Waals surface area contributed by atoms with Gasteiger partial charge in [0.2, 0.25) is 11.8 Å². The van der Waals surface area contributed by atoms with Crippen molar-refractivity contribution in [3.63, 3.8) is 0 Å². The summed E-state index contributed by atoms with van der Waals surface area (Å²) >= 11 is 0. The van der Waals surface area contributed by atoms with Crippen molar-refractivity contribution in [1.29, 1.82) is 0 Å². The lowest BCUT2D eigenvalue weighted by molar-refractivity contribution is -0.132. The zero-order valence-corrected chi connectivity index (χ0v) is 20.1. The topological polar surface area (TPSA) is 73.0 Å². The van der Waals surface area contributed by atoms with Crippen molar-refractivity contribution in [3.8, 4) is 0 Å². The Balaban J connectivity index is 1.55. The van der Waals surface area contributed by atoms with Crippen molar-refractivity contribution in [3.05, 3.63) is 23.8 Å². The molecule has 7 heteroatoms. The molecule has 3 aliphatic rings. The maximum atomic E-state index is 13.6. The molecule has 3 fully saturated rings. The average molecular weight is 455 g/mol. The molecule has 1 aromatic rings. The summed E-state index contributed by atoms with van der Waals surface area (Å²) in [6, 6.07) is 5.72. The molecule has 7 nitrogen and oxygen atoms in total. The molecule has 1 aliphatic carbocycles. The van der Waals surface area contributed by atoms with Crippen LogP contribution in [0.15, 0.2) is 18.2 Å². The van der Waals surface area contributed by atoms with Gasteiger partial charge in [-0.3, -0.25) is 14.4 Å². The van der Waals surface area contributed by atoms with Gasteiger partial charge in [0, 0.05) is 63.0 Å². The molecule has 4 rings (SSSR count). The van der Waals surface area contributed by atoms with Crippen LogP contribution >= 0.6 is 0 Å². The zero-order chi connectivity index (χ0) is 23.4. The minimum Gasteiger partial charge on any atom is -0.369 e. The highest BCUT2D eigenvalue weighted by molar-refractivity contribution is 6.02. The van der Waals surface area contributed by atoms with Gasteiger partial charge >= 0.3 is 0 Å². The molecule has 1 aromatic carbocycles. The number of piperidine rings is 1. The monoisotopic (exact) mass is 454 g/mol. The molecule has 180 valence electrons. The molecular weight excluding hydrogens is 416 g/mol. The fourth-order valence-corrected chi connectivity index (χ4v) is 4.88. The third-order valence-electron chi connectivity index (χ3n) is 6.82. The summed E-state index contributed by atoms with van der Waals surface area (Å²) < 4.78 is 0. The van der Waals surface area contributed by atoms with Crippen LogP contribution in [0, 0.1) is 11.8 Å². The minimum atomic E-state index is -0.0295. The first-order valence-corrected chi connectivity index (χ1v) is 12.7. The number of carbonyl (C=O) groups excluding carboxylic acids is 3. The molecular formula is C26H38N4O3. The third-order valence-corrected chi connectivity index (χ3v) is 6.82. The first kappa shape index (κ1) is 23.6. The molecule has 2 aliphatic heterocycles. The molecule has 2 saturated heterocycles. The van der Waals surface area contributed by atoms with Gasteiger partial charge in [0.15, 0.2) is 0 Å². The van der Waals surface area contributed by atoms with E-state index in [9.17, 15) is 14.4 Å². The SMILES string of the molecule is CC(C)CC(=O)Nc1ccc(N2CCCN(C(=O)C3CC3)CC2)c(C(=O)N2CCCCC2)c1. The molecule has 0 aromatic heterocycles. The summed E-state index contributed by atoms with van der Waals surface area (Å²) in [5.74, 6) is 0.821. The third kappa shape index (κ3) is 6.06. The van der Waals surface area contributed by atoms with Crippen molar-refractivity contribution in [2.45, 2.75) is 58.8 Å². The van der Waals surface area contributed by atoms with Crippen LogP contribution < -0.4 is 10.2 Å². The van der Waals surface area contributed by atoms with E-state index in [1.807, 2.05) is 41.8 Å². The average Bonchev–Trinajstić information content (AvgIpc) is 3.65. The fourth-order valence-electron chi connectivity index (χ4n) is 4.88. The van der Waals surface area contributed by atoms with E-state index in [4.69, 9.17) is 0 Å². The number of benzene rings is 1. The Labute approximate surface area is 197 Å². The molecule has 0 atom stereocenters. The lowest BCUT2D eigenvalue weighted by Crippen LogP contribution is -2.38. The van der Waals surface area contributed by atoms with Crippen LogP contribution in [0.4, 0.5) is 11.4 Å². The van der Waals surface area contributed by atoms with Crippen LogP contribution in [-0.2, 0) is 9.59 Å². The first-order valence-electron chi connectivity index (χ1n) is 12.7. The summed E-state index contributed by atoms with van der Waals surface area (Å²) in [5, 5.41) is 2.97. The number of anilines is 2. The lowest BCUT2D eigenvalue weighted by Gasteiger charge is -2.30. The van der Waals surface area contributed by atoms with Gasteiger partial charge in [0.05, 0.1) is 5.56 Å². The van der Waals surface area contributed by atoms with Crippen LogP contribution in [0.3, 0.4) is 0 Å². The van der Waals surface area contributed by atoms with Gasteiger partial charge < -0.3 is 20.0 Å². The fraction of sp³-hybridized carbons (Fsp3) is 0.654. The molecule has 0 bridgehead atoms. The normalized spacial score (nSPS) is 19.4. The van der Waals surface area contributed by atoms with Crippen LogP contribution in [0.25, 0.3) is 0 Å². The second kappa shape index (κ2) is 10.6. The number of hydrogen-bond donors (Lipinski definition) is 1. The first-order chi connectivity index (χ1) is 15.9. The van der Waals surface area contributed by atoms with Crippen molar-refractivity contribution in [2.75, 3.05) is 49.5 Å². The van der Waals surface area contributed by atoms with Gasteiger partial charge in [-0.2, -0.15) is 0 Å². The summed E-state index contributed by atoms with van der Waals surface area (Å²) in [7, 11) is 0. The number of nitrogens with one attached hydrogen (secondary N) is 1. The maximum absolute atomic E-state index is 13.6. The molecule has 1 saturated carbocycles. The van der Waals surface area contributed by atoms with Gasteiger partial charge in [0.1, 0.15) is 0 Å². The molecule has 1 N–H and O–H groups in total. The Hall–Kier alpha value is -2.57. The second-order valence-corrected chi connectivity index (χ2v) is 10.2. The summed E-state index contributed by atoms with van der Waals surface area (Å²) in [6.45, 7) is 8.61. The standard InChI is InChI=1S/C26H38N4O3/c1-19(2)17-24(31)27-21-9-10-23(22(18-21)26(33)29-11-4-3-5-12-29)28-13-6-14-30(16-15-28)25(32)20-7-8-20/h9-10,18-20H,3-8,11-17H2,1-2H3,(H,27,31). The molecule has 0 unspecified atom stereocenters. The quantitative estimate of drug-likeness (QED) is 0.711. The Morgan fingerprint density at radius 1 is 0.909 bits per heavy atom. The van der Waals surface area contributed by atoms with Crippen LogP contribution in [0.5, 0.6) is 0 Å². The Morgan fingerprint density at radius 2 is 1.64 bits per heavy atom. The minimum absolute atomic E-state index is 0.0295. The Kier molecular flexibility index (Phi) is 7.56. The number of rotatable bonds is 6. The Bertz CT molecular complexity index is 874. The summed E-state index contributed by atoms with van der Waals surface area (Å²) in [6.07, 6.45) is 6.63. The van der Waals surface area contributed by atoms with Crippen LogP contribution in [0.2, 0.25) is 0 Å². The zero-order valence-electron chi connectivity index (χ0n) is 20.1. The highest BCUT2D eigenvalue weighted by Gasteiger charge is 2.34. The predicted molar refractivity (Wildman–Crippen MR) is 130 cm³/mol. The van der Waals surface area contributed by atoms with Crippen molar-refractivity contribution >= 4 is 29.1 Å². The lowest BCUT2D eigenvalue weighted by atomic mass is 10.1. The smallest absolute Gasteiger partial charge is 0.256 e. The predicted octanol–water partition coefficient (Wildman–Crippen LogP) is 3.75. The van der Waals surface area contributed by atoms with E-state index in [2.05, 4.69) is 10.2 Å². The number of nitrogens with zero attached hydrogens (tertiary/aromatic N) is 3. The van der Waals surface area contributed by atoms with E-state index in [1.165, 1.54) is 6.42 Å². The molecule has 3 amide bonds. The number of hydrogen-bond acceptors (Lipinski definition) is 4. The summed E-state index contributed by atoms with van der Waals surface area (Å²) in [4.78, 5) is 44.7. The molecule has 2 heterocycles. The number of carbonyl (C=O) groups is 3. The van der Waals surface area contributed by atoms with Crippen LogP contribution in [-0.4, -0.2) is 66.8 Å². The van der Waals surface area contributed by atoms with Crippen LogP contribution in [0.1, 0.15) is 69.2 Å². The molecule has 0 spiro atoms. The van der Waals surface area contributed by atoms with Crippen molar-refractivity contribution < 1.29 is 14.4 Å². The maximum Gasteiger partial charge on any atom is 0.256 e. The summed E-state index contributed by atoms with van der Waals surface area (Å²) in [5.41, 5.74) is 2.24. The van der Waals surface area contributed by atoms with E-state index in [0.29, 0.717) is 30.1 Å². The highest BCUT2D eigenvalue weighted by atomic mass is 16.2. The molecule has 33 heavy (non-hydrogen) atoms. The van der Waals surface area contributed by atoms with E-state index in [0.717, 1.165) is 70.5 Å². The molecule has 0 radical (unpaired) electrons. The van der Waals surface area contributed by atoms with E-state index < -0.39 is 0 Å². The van der Waals surface area contributed by atoms with Gasteiger partial charge in [-0.05, 0) is 62.6 Å². The van der Waals surface area contributed by atoms with E-state index in [-0.39, 0.29) is 23.7 Å². The largest absolute Gasteiger partial charge is 0.369 e. The van der Waals surface area contributed by atoms with E-state index in [1.54, 1.807) is 0 Å².